The molecule has 0 spiro atoms. The Morgan fingerprint density at radius 1 is 1.25 bits per heavy atom. The van der Waals surface area contributed by atoms with E-state index in [2.05, 4.69) is 0 Å². The van der Waals surface area contributed by atoms with Crippen molar-refractivity contribution in [1.29, 1.82) is 0 Å². The molecule has 2 amide bonds. The number of carbonyl (C=O) groups excluding carboxylic acids is 2. The molecule has 2 aromatic carbocycles. The summed E-state index contributed by atoms with van der Waals surface area (Å²) in [5.74, 6) is -2.02. The molecule has 4 nitrogen and oxygen atoms in total. The van der Waals surface area contributed by atoms with Gasteiger partial charge in [-0.2, -0.15) is 0 Å². The second-order valence-corrected chi connectivity index (χ2v) is 6.33. The number of anilines is 1. The van der Waals surface area contributed by atoms with Gasteiger partial charge in [-0.3, -0.25) is 9.59 Å². The highest BCUT2D eigenvalue weighted by Gasteiger charge is 2.36. The zero-order chi connectivity index (χ0) is 17.4. The molecule has 2 aromatic rings. The van der Waals surface area contributed by atoms with Gasteiger partial charge in [-0.05, 0) is 43.2 Å². The zero-order valence-electron chi connectivity index (χ0n) is 13.0. The number of nitrogens with two attached hydrogens (primary N) is 1. The first-order valence-electron chi connectivity index (χ1n) is 7.57. The average Bonchev–Trinajstić information content (AvgIpc) is 2.55. The van der Waals surface area contributed by atoms with Crippen LogP contribution < -0.4 is 10.6 Å². The van der Waals surface area contributed by atoms with E-state index in [1.807, 2.05) is 6.92 Å². The van der Waals surface area contributed by atoms with Crippen molar-refractivity contribution in [2.24, 2.45) is 5.73 Å². The molecule has 2 atom stereocenters. The van der Waals surface area contributed by atoms with Gasteiger partial charge >= 0.3 is 0 Å². The largest absolute Gasteiger partial charge is 0.369 e. The topological polar surface area (TPSA) is 63.4 Å². The minimum Gasteiger partial charge on any atom is -0.369 e. The lowest BCUT2D eigenvalue weighted by molar-refractivity contribution is -0.119. The molecule has 0 fully saturated rings. The Morgan fingerprint density at radius 2 is 1.96 bits per heavy atom. The Morgan fingerprint density at radius 3 is 2.67 bits per heavy atom. The number of nitrogens with zero attached hydrogens (tertiary/aromatic N) is 1. The molecule has 0 unspecified atom stereocenters. The first-order valence-corrected chi connectivity index (χ1v) is 7.94. The maximum Gasteiger partial charge on any atom is 0.261 e. The minimum absolute atomic E-state index is 0.0957. The van der Waals surface area contributed by atoms with E-state index in [0.717, 1.165) is 0 Å². The van der Waals surface area contributed by atoms with E-state index in [1.165, 1.54) is 23.1 Å². The number of para-hydroxylation sites is 1. The summed E-state index contributed by atoms with van der Waals surface area (Å²) in [6.45, 7) is 1.81. The molecule has 24 heavy (non-hydrogen) atoms. The first kappa shape index (κ1) is 16.5. The number of halogens is 2. The number of primary amides is 1. The molecule has 0 aromatic heterocycles. The van der Waals surface area contributed by atoms with Gasteiger partial charge in [-0.15, -0.1) is 0 Å². The van der Waals surface area contributed by atoms with Crippen LogP contribution in [-0.2, 0) is 4.79 Å². The third kappa shape index (κ3) is 2.76. The van der Waals surface area contributed by atoms with Gasteiger partial charge in [0.2, 0.25) is 5.91 Å². The molecule has 2 N–H and O–H groups in total. The monoisotopic (exact) mass is 346 g/mol. The summed E-state index contributed by atoms with van der Waals surface area (Å²) in [4.78, 5) is 26.2. The summed E-state index contributed by atoms with van der Waals surface area (Å²) in [5.41, 5.74) is 6.66. The Hall–Kier alpha value is -2.40. The van der Waals surface area contributed by atoms with Gasteiger partial charge in [0.05, 0.1) is 11.5 Å². The van der Waals surface area contributed by atoms with Gasteiger partial charge in [0.1, 0.15) is 5.82 Å². The van der Waals surface area contributed by atoms with Crippen LogP contribution in [0.25, 0.3) is 0 Å². The highest BCUT2D eigenvalue weighted by atomic mass is 35.5. The number of rotatable bonds is 2. The Kier molecular flexibility index (Phi) is 4.28. The zero-order valence-corrected chi connectivity index (χ0v) is 13.8. The maximum absolute atomic E-state index is 14.1. The van der Waals surface area contributed by atoms with Crippen molar-refractivity contribution >= 4 is 29.1 Å². The number of fused-ring (bicyclic) bond motifs is 1. The van der Waals surface area contributed by atoms with Crippen molar-refractivity contribution < 1.29 is 14.0 Å². The molecular weight excluding hydrogens is 331 g/mol. The van der Waals surface area contributed by atoms with E-state index >= 15 is 0 Å². The molecule has 6 heteroatoms. The van der Waals surface area contributed by atoms with Gasteiger partial charge < -0.3 is 10.6 Å². The summed E-state index contributed by atoms with van der Waals surface area (Å²) in [6.07, 6.45) is 0.389. The fourth-order valence-corrected chi connectivity index (χ4v) is 3.35. The Bertz CT molecular complexity index is 824. The van der Waals surface area contributed by atoms with Crippen molar-refractivity contribution in [1.82, 2.24) is 0 Å². The lowest BCUT2D eigenvalue weighted by Crippen LogP contribution is -2.45. The second-order valence-electron chi connectivity index (χ2n) is 5.90. The fraction of sp³-hybridized carbons (Fsp3) is 0.222. The van der Waals surface area contributed by atoms with Crippen LogP contribution in [0.1, 0.15) is 35.2 Å². The summed E-state index contributed by atoms with van der Waals surface area (Å²) in [7, 11) is 0. The van der Waals surface area contributed by atoms with Gasteiger partial charge in [0.15, 0.2) is 0 Å². The number of amides is 2. The summed E-state index contributed by atoms with van der Waals surface area (Å²) >= 11 is 5.90. The van der Waals surface area contributed by atoms with E-state index in [-0.39, 0.29) is 16.6 Å². The van der Waals surface area contributed by atoms with Crippen molar-refractivity contribution in [2.75, 3.05) is 4.90 Å². The Labute approximate surface area is 144 Å². The molecule has 3 rings (SSSR count). The van der Waals surface area contributed by atoms with Crippen molar-refractivity contribution in [2.45, 2.75) is 25.3 Å². The van der Waals surface area contributed by atoms with E-state index in [1.54, 1.807) is 24.3 Å². The molecule has 0 radical (unpaired) electrons. The molecule has 1 heterocycles. The number of hydrogen-bond acceptors (Lipinski definition) is 2. The smallest absolute Gasteiger partial charge is 0.261 e. The maximum atomic E-state index is 14.1. The molecule has 0 saturated heterocycles. The lowest BCUT2D eigenvalue weighted by Gasteiger charge is -2.38. The third-order valence-corrected chi connectivity index (χ3v) is 4.55. The van der Waals surface area contributed by atoms with Crippen LogP contribution in [0.4, 0.5) is 10.1 Å². The van der Waals surface area contributed by atoms with E-state index < -0.39 is 23.5 Å². The molecular formula is C18H16ClFN2O2. The lowest BCUT2D eigenvalue weighted by atomic mass is 9.85. The molecule has 0 bridgehead atoms. The number of benzene rings is 2. The van der Waals surface area contributed by atoms with Crippen LogP contribution >= 0.6 is 11.6 Å². The van der Waals surface area contributed by atoms with Crippen LogP contribution in [0.5, 0.6) is 0 Å². The quantitative estimate of drug-likeness (QED) is 0.904. The van der Waals surface area contributed by atoms with Crippen LogP contribution in [-0.4, -0.2) is 17.9 Å². The average molecular weight is 347 g/mol. The SMILES string of the molecule is C[C@H]1C[C@H](C(N)=O)c2ccccc2N1C(=O)c1cc(Cl)ccc1F. The van der Waals surface area contributed by atoms with Crippen LogP contribution in [0, 0.1) is 5.82 Å². The second kappa shape index (κ2) is 6.24. The standard InChI is InChI=1S/C18H16ClFN2O2/c1-10-8-13(17(21)23)12-4-2-3-5-16(12)22(10)18(24)14-9-11(19)6-7-15(14)20/h2-7,9-10,13H,8H2,1H3,(H2,21,23)/t10-,13-/m0/s1. The highest BCUT2D eigenvalue weighted by molar-refractivity contribution is 6.31. The van der Waals surface area contributed by atoms with Crippen molar-refractivity contribution in [3.05, 3.63) is 64.4 Å². The van der Waals surface area contributed by atoms with Crippen LogP contribution in [0.15, 0.2) is 42.5 Å². The molecule has 0 saturated carbocycles. The third-order valence-electron chi connectivity index (χ3n) is 4.31. The van der Waals surface area contributed by atoms with Crippen molar-refractivity contribution in [3.63, 3.8) is 0 Å². The van der Waals surface area contributed by atoms with Crippen molar-refractivity contribution in [3.8, 4) is 0 Å². The van der Waals surface area contributed by atoms with Gasteiger partial charge in [0.25, 0.3) is 5.91 Å². The van der Waals surface area contributed by atoms with Crippen LogP contribution in [0.2, 0.25) is 5.02 Å². The van der Waals surface area contributed by atoms with Crippen LogP contribution in [0.3, 0.4) is 0 Å². The number of hydrogen-bond donors (Lipinski definition) is 1. The normalized spacial score (nSPS) is 19.7. The van der Waals surface area contributed by atoms with E-state index in [0.29, 0.717) is 17.7 Å². The van der Waals surface area contributed by atoms with Gasteiger partial charge in [-0.1, -0.05) is 29.8 Å². The molecule has 124 valence electrons. The van der Waals surface area contributed by atoms with Gasteiger partial charge in [-0.25, -0.2) is 4.39 Å². The predicted octanol–water partition coefficient (Wildman–Crippen LogP) is 3.49. The van der Waals surface area contributed by atoms with E-state index in [4.69, 9.17) is 17.3 Å². The summed E-state index contributed by atoms with van der Waals surface area (Å²) < 4.78 is 14.1. The number of carbonyl (C=O) groups is 2. The van der Waals surface area contributed by atoms with Gasteiger partial charge in [0, 0.05) is 16.8 Å². The first-order chi connectivity index (χ1) is 11.4. The highest BCUT2D eigenvalue weighted by Crippen LogP contribution is 2.39. The molecule has 0 aliphatic carbocycles. The summed E-state index contributed by atoms with van der Waals surface area (Å²) in [6, 6.07) is 10.6. The molecule has 1 aliphatic rings. The Balaban J connectivity index is 2.10. The predicted molar refractivity (Wildman–Crippen MR) is 90.7 cm³/mol. The summed E-state index contributed by atoms with van der Waals surface area (Å²) in [5, 5.41) is 0.285. The molecule has 1 aliphatic heterocycles. The minimum atomic E-state index is -0.633. The van der Waals surface area contributed by atoms with E-state index in [9.17, 15) is 14.0 Å². The fourth-order valence-electron chi connectivity index (χ4n) is 3.18.